The van der Waals surface area contributed by atoms with E-state index in [1.54, 1.807) is 13.0 Å². The van der Waals surface area contributed by atoms with Crippen molar-refractivity contribution in [3.05, 3.63) is 69.0 Å². The molecule has 0 atom stereocenters. The zero-order chi connectivity index (χ0) is 21.7. The molecule has 156 valence electrons. The van der Waals surface area contributed by atoms with E-state index in [1.807, 2.05) is 49.6 Å². The number of rotatable bonds is 7. The molecule has 0 aliphatic rings. The van der Waals surface area contributed by atoms with Crippen molar-refractivity contribution in [2.75, 3.05) is 18.5 Å². The van der Waals surface area contributed by atoms with Gasteiger partial charge in [-0.15, -0.1) is 11.3 Å². The maximum Gasteiger partial charge on any atom is 0.341 e. The zero-order valence-electron chi connectivity index (χ0n) is 17.0. The fourth-order valence-corrected chi connectivity index (χ4v) is 4.40. The van der Waals surface area contributed by atoms with Crippen LogP contribution in [0.15, 0.2) is 52.3 Å². The lowest BCUT2D eigenvalue weighted by Crippen LogP contribution is -2.21. The molecule has 1 heterocycles. The third-order valence-electron chi connectivity index (χ3n) is 4.39. The van der Waals surface area contributed by atoms with Crippen molar-refractivity contribution in [2.24, 2.45) is 0 Å². The highest BCUT2D eigenvalue weighted by molar-refractivity contribution is 9.10. The number of ether oxygens (including phenoxy) is 2. The van der Waals surface area contributed by atoms with Gasteiger partial charge in [0.05, 0.1) is 11.1 Å². The van der Waals surface area contributed by atoms with Crippen LogP contribution in [0.25, 0.3) is 11.1 Å². The van der Waals surface area contributed by atoms with Crippen LogP contribution in [0.5, 0.6) is 5.75 Å². The van der Waals surface area contributed by atoms with E-state index in [0.717, 1.165) is 26.7 Å². The van der Waals surface area contributed by atoms with Gasteiger partial charge < -0.3 is 14.8 Å². The summed E-state index contributed by atoms with van der Waals surface area (Å²) >= 11 is 4.68. The van der Waals surface area contributed by atoms with Crippen LogP contribution in [-0.4, -0.2) is 25.1 Å². The highest BCUT2D eigenvalue weighted by Crippen LogP contribution is 2.38. The third kappa shape index (κ3) is 5.09. The van der Waals surface area contributed by atoms with Gasteiger partial charge >= 0.3 is 5.97 Å². The molecule has 1 aromatic heterocycles. The van der Waals surface area contributed by atoms with Crippen molar-refractivity contribution in [3.63, 3.8) is 0 Å². The maximum atomic E-state index is 12.7. The first-order chi connectivity index (χ1) is 14.4. The molecule has 30 heavy (non-hydrogen) atoms. The van der Waals surface area contributed by atoms with E-state index < -0.39 is 5.97 Å². The molecule has 0 fully saturated rings. The lowest BCUT2D eigenvalue weighted by Gasteiger charge is -2.11. The largest absolute Gasteiger partial charge is 0.483 e. The average molecular weight is 488 g/mol. The molecule has 0 spiro atoms. The lowest BCUT2D eigenvalue weighted by atomic mass is 9.97. The quantitative estimate of drug-likeness (QED) is 0.415. The van der Waals surface area contributed by atoms with Crippen LogP contribution in [0.4, 0.5) is 5.00 Å². The number of anilines is 1. The summed E-state index contributed by atoms with van der Waals surface area (Å²) in [4.78, 5) is 25.2. The van der Waals surface area contributed by atoms with Crippen LogP contribution in [0.3, 0.4) is 0 Å². The Morgan fingerprint density at radius 2 is 1.87 bits per heavy atom. The van der Waals surface area contributed by atoms with E-state index in [0.29, 0.717) is 16.3 Å². The molecule has 0 bridgehead atoms. The number of aryl methyl sites for hydroxylation is 2. The van der Waals surface area contributed by atoms with Gasteiger partial charge in [0, 0.05) is 10.9 Å². The summed E-state index contributed by atoms with van der Waals surface area (Å²) in [6, 6.07) is 13.3. The van der Waals surface area contributed by atoms with E-state index in [1.165, 1.54) is 11.3 Å². The minimum atomic E-state index is -0.462. The Morgan fingerprint density at radius 1 is 1.10 bits per heavy atom. The van der Waals surface area contributed by atoms with Crippen molar-refractivity contribution < 1.29 is 19.1 Å². The summed E-state index contributed by atoms with van der Waals surface area (Å²) in [6.45, 7) is 5.85. The molecule has 1 N–H and O–H groups in total. The van der Waals surface area contributed by atoms with Crippen LogP contribution < -0.4 is 10.1 Å². The first-order valence-corrected chi connectivity index (χ1v) is 11.1. The first kappa shape index (κ1) is 22.1. The molecule has 0 aliphatic heterocycles. The van der Waals surface area contributed by atoms with Gasteiger partial charge in [-0.2, -0.15) is 0 Å². The standard InChI is InChI=1S/C23H22BrNO4S/c1-4-28-23(27)21-17(16-10-9-14(2)11-15(16)3)13-30-22(21)25-20(26)12-29-19-8-6-5-7-18(19)24/h5-11,13H,4,12H2,1-3H3,(H,25,26). The molecule has 5 nitrogen and oxygen atoms in total. The molecule has 1 amide bonds. The number of para-hydroxylation sites is 1. The Kier molecular flexibility index (Phi) is 7.29. The van der Waals surface area contributed by atoms with Crippen molar-refractivity contribution in [3.8, 4) is 16.9 Å². The SMILES string of the molecule is CCOC(=O)c1c(-c2ccc(C)cc2C)csc1NC(=O)COc1ccccc1Br. The topological polar surface area (TPSA) is 64.6 Å². The van der Waals surface area contributed by atoms with Crippen molar-refractivity contribution in [1.29, 1.82) is 0 Å². The fourth-order valence-electron chi connectivity index (χ4n) is 3.04. The summed E-state index contributed by atoms with van der Waals surface area (Å²) in [7, 11) is 0. The Bertz CT molecular complexity index is 1080. The van der Waals surface area contributed by atoms with Gasteiger partial charge in [-0.1, -0.05) is 35.9 Å². The molecule has 3 aromatic rings. The summed E-state index contributed by atoms with van der Waals surface area (Å²) < 4.78 is 11.6. The highest BCUT2D eigenvalue weighted by atomic mass is 79.9. The molecule has 0 saturated carbocycles. The summed E-state index contributed by atoms with van der Waals surface area (Å²) in [5.74, 6) is -0.249. The number of halogens is 1. The second-order valence-electron chi connectivity index (χ2n) is 6.66. The lowest BCUT2D eigenvalue weighted by molar-refractivity contribution is -0.118. The van der Waals surface area contributed by atoms with Gasteiger partial charge in [-0.05, 0) is 60.0 Å². The number of thiophene rings is 1. The number of hydrogen-bond acceptors (Lipinski definition) is 5. The number of benzene rings is 2. The van der Waals surface area contributed by atoms with Gasteiger partial charge in [0.15, 0.2) is 6.61 Å². The second-order valence-corrected chi connectivity index (χ2v) is 8.39. The van der Waals surface area contributed by atoms with Crippen molar-refractivity contribution in [2.45, 2.75) is 20.8 Å². The normalized spacial score (nSPS) is 10.5. The summed E-state index contributed by atoms with van der Waals surface area (Å²) in [5.41, 5.74) is 4.24. The average Bonchev–Trinajstić information content (AvgIpc) is 3.10. The van der Waals surface area contributed by atoms with Gasteiger partial charge in [-0.3, -0.25) is 4.79 Å². The van der Waals surface area contributed by atoms with Crippen LogP contribution in [0.2, 0.25) is 0 Å². The summed E-state index contributed by atoms with van der Waals surface area (Å²) in [5, 5.41) is 5.12. The minimum absolute atomic E-state index is 0.179. The van der Waals surface area contributed by atoms with Crippen LogP contribution in [0, 0.1) is 13.8 Å². The monoisotopic (exact) mass is 487 g/mol. The van der Waals surface area contributed by atoms with Crippen molar-refractivity contribution in [1.82, 2.24) is 0 Å². The fraction of sp³-hybridized carbons (Fsp3) is 0.217. The Labute approximate surface area is 188 Å². The molecule has 7 heteroatoms. The predicted octanol–water partition coefficient (Wildman–Crippen LogP) is 5.99. The van der Waals surface area contributed by atoms with E-state index in [2.05, 4.69) is 27.3 Å². The molecular formula is C23H22BrNO4S. The first-order valence-electron chi connectivity index (χ1n) is 9.44. The minimum Gasteiger partial charge on any atom is -0.483 e. The predicted molar refractivity (Wildman–Crippen MR) is 123 cm³/mol. The number of nitrogens with one attached hydrogen (secondary N) is 1. The molecule has 0 aliphatic carbocycles. The zero-order valence-corrected chi connectivity index (χ0v) is 19.4. The Morgan fingerprint density at radius 3 is 2.57 bits per heavy atom. The number of hydrogen-bond donors (Lipinski definition) is 1. The Balaban J connectivity index is 1.85. The Hall–Kier alpha value is -2.64. The van der Waals surface area contributed by atoms with Gasteiger partial charge in [0.1, 0.15) is 16.3 Å². The van der Waals surface area contributed by atoms with E-state index in [-0.39, 0.29) is 19.1 Å². The van der Waals surface area contributed by atoms with Crippen molar-refractivity contribution >= 4 is 44.1 Å². The number of carbonyl (C=O) groups is 2. The maximum absolute atomic E-state index is 12.7. The van der Waals surface area contributed by atoms with Crippen LogP contribution in [-0.2, 0) is 9.53 Å². The van der Waals surface area contributed by atoms with Crippen LogP contribution in [0.1, 0.15) is 28.4 Å². The van der Waals surface area contributed by atoms with E-state index >= 15 is 0 Å². The molecule has 2 aromatic carbocycles. The van der Waals surface area contributed by atoms with Gasteiger partial charge in [0.2, 0.25) is 0 Å². The van der Waals surface area contributed by atoms with Crippen LogP contribution >= 0.6 is 27.3 Å². The van der Waals surface area contributed by atoms with E-state index in [4.69, 9.17) is 9.47 Å². The van der Waals surface area contributed by atoms with Gasteiger partial charge in [-0.25, -0.2) is 4.79 Å². The molecule has 0 saturated heterocycles. The molecule has 0 radical (unpaired) electrons. The molecule has 3 rings (SSSR count). The molecular weight excluding hydrogens is 466 g/mol. The number of carbonyl (C=O) groups excluding carboxylic acids is 2. The van der Waals surface area contributed by atoms with Gasteiger partial charge in [0.25, 0.3) is 5.91 Å². The summed E-state index contributed by atoms with van der Waals surface area (Å²) in [6.07, 6.45) is 0. The molecule has 0 unspecified atom stereocenters. The smallest absolute Gasteiger partial charge is 0.341 e. The number of amides is 1. The van der Waals surface area contributed by atoms with E-state index in [9.17, 15) is 9.59 Å². The third-order valence-corrected chi connectivity index (χ3v) is 5.94. The highest BCUT2D eigenvalue weighted by Gasteiger charge is 2.23. The second kappa shape index (κ2) is 9.91. The number of esters is 1.